The van der Waals surface area contributed by atoms with Gasteiger partial charge < -0.3 is 5.32 Å². The Kier molecular flexibility index (Phi) is 5.74. The highest BCUT2D eigenvalue weighted by molar-refractivity contribution is 7.99. The third kappa shape index (κ3) is 4.66. The molecule has 1 rings (SSSR count). The van der Waals surface area contributed by atoms with Gasteiger partial charge in [-0.3, -0.25) is 0 Å². The summed E-state index contributed by atoms with van der Waals surface area (Å²) in [4.78, 5) is 0. The Labute approximate surface area is 117 Å². The number of hydrogen-bond acceptors (Lipinski definition) is 2. The maximum atomic E-state index is 3.59. The molecule has 2 unspecified atom stereocenters. The summed E-state index contributed by atoms with van der Waals surface area (Å²) in [6.07, 6.45) is 2.16. The Bertz CT molecular complexity index is 350. The van der Waals surface area contributed by atoms with E-state index in [4.69, 9.17) is 0 Å². The molecule has 1 N–H and O–H groups in total. The fraction of sp³-hybridized carbons (Fsp3) is 0.625. The normalized spacial score (nSPS) is 15.4. The molecule has 18 heavy (non-hydrogen) atoms. The summed E-state index contributed by atoms with van der Waals surface area (Å²) in [5.41, 5.74) is 3.01. The van der Waals surface area contributed by atoms with Gasteiger partial charge in [0.15, 0.2) is 0 Å². The maximum absolute atomic E-state index is 3.59. The van der Waals surface area contributed by atoms with Crippen LogP contribution in [0.25, 0.3) is 0 Å². The lowest BCUT2D eigenvalue weighted by Crippen LogP contribution is -2.25. The number of thioether (sulfide) groups is 1. The predicted octanol–water partition coefficient (Wildman–Crippen LogP) is 4.39. The molecule has 0 fully saturated rings. The van der Waals surface area contributed by atoms with Crippen LogP contribution in [-0.4, -0.2) is 18.1 Å². The quantitative estimate of drug-likeness (QED) is 0.847. The highest BCUT2D eigenvalue weighted by Gasteiger charge is 2.14. The molecule has 102 valence electrons. The molecule has 1 nitrogen and oxygen atoms in total. The van der Waals surface area contributed by atoms with Crippen LogP contribution in [0, 0.1) is 0 Å². The van der Waals surface area contributed by atoms with Crippen LogP contribution >= 0.6 is 11.8 Å². The third-order valence-electron chi connectivity index (χ3n) is 3.39. The minimum Gasteiger partial charge on any atom is -0.309 e. The van der Waals surface area contributed by atoms with Crippen molar-refractivity contribution < 1.29 is 0 Å². The summed E-state index contributed by atoms with van der Waals surface area (Å²) in [6.45, 7) is 12.3. The number of benzene rings is 1. The van der Waals surface area contributed by atoms with E-state index in [0.717, 1.165) is 6.54 Å². The van der Waals surface area contributed by atoms with E-state index in [-0.39, 0.29) is 5.41 Å². The van der Waals surface area contributed by atoms with E-state index >= 15 is 0 Å². The van der Waals surface area contributed by atoms with Gasteiger partial charge in [-0.1, -0.05) is 52.0 Å². The lowest BCUT2D eigenvalue weighted by Gasteiger charge is -2.21. The molecule has 2 heteroatoms. The zero-order valence-corrected chi connectivity index (χ0v) is 13.4. The van der Waals surface area contributed by atoms with Crippen LogP contribution in [0.1, 0.15) is 51.8 Å². The van der Waals surface area contributed by atoms with Gasteiger partial charge in [-0.15, -0.1) is 0 Å². The lowest BCUT2D eigenvalue weighted by atomic mass is 9.86. The summed E-state index contributed by atoms with van der Waals surface area (Å²) in [5, 5.41) is 4.25. The van der Waals surface area contributed by atoms with Crippen LogP contribution in [-0.2, 0) is 5.41 Å². The molecule has 0 aliphatic rings. The molecule has 0 radical (unpaired) electrons. The molecule has 0 spiro atoms. The summed E-state index contributed by atoms with van der Waals surface area (Å²) >= 11 is 1.91. The van der Waals surface area contributed by atoms with Crippen molar-refractivity contribution in [2.45, 2.75) is 51.3 Å². The molecule has 0 aromatic heterocycles. The van der Waals surface area contributed by atoms with Gasteiger partial charge in [0.2, 0.25) is 0 Å². The first-order chi connectivity index (χ1) is 8.34. The second-order valence-corrected chi connectivity index (χ2v) is 7.32. The van der Waals surface area contributed by atoms with Crippen molar-refractivity contribution in [2.24, 2.45) is 0 Å². The average molecular weight is 265 g/mol. The van der Waals surface area contributed by atoms with Gasteiger partial charge in [0.1, 0.15) is 0 Å². The molecule has 0 saturated heterocycles. The molecule has 1 aromatic rings. The SMILES string of the molecule is CSC(C)CNC(C)c1ccc(C(C)(C)C)cc1. The second-order valence-electron chi connectivity index (χ2n) is 6.05. The fourth-order valence-corrected chi connectivity index (χ4v) is 2.08. The van der Waals surface area contributed by atoms with E-state index in [1.807, 2.05) is 11.8 Å². The topological polar surface area (TPSA) is 12.0 Å². The molecular weight excluding hydrogens is 238 g/mol. The predicted molar refractivity (Wildman–Crippen MR) is 84.5 cm³/mol. The van der Waals surface area contributed by atoms with Gasteiger partial charge in [-0.2, -0.15) is 11.8 Å². The standard InChI is InChI=1S/C16H27NS/c1-12(18-6)11-17-13(2)14-7-9-15(10-8-14)16(3,4)5/h7-10,12-13,17H,11H2,1-6H3. The highest BCUT2D eigenvalue weighted by atomic mass is 32.2. The first-order valence-corrected chi connectivity index (χ1v) is 8.00. The van der Waals surface area contributed by atoms with Crippen LogP contribution in [0.4, 0.5) is 0 Å². The van der Waals surface area contributed by atoms with Crippen LogP contribution in [0.15, 0.2) is 24.3 Å². The van der Waals surface area contributed by atoms with Crippen molar-refractivity contribution in [3.05, 3.63) is 35.4 Å². The van der Waals surface area contributed by atoms with Crippen molar-refractivity contribution in [3.63, 3.8) is 0 Å². The molecule has 2 atom stereocenters. The van der Waals surface area contributed by atoms with E-state index < -0.39 is 0 Å². The van der Waals surface area contributed by atoms with Crippen molar-refractivity contribution in [3.8, 4) is 0 Å². The highest BCUT2D eigenvalue weighted by Crippen LogP contribution is 2.23. The zero-order chi connectivity index (χ0) is 13.8. The third-order valence-corrected chi connectivity index (χ3v) is 4.36. The molecule has 0 aliphatic carbocycles. The van der Waals surface area contributed by atoms with E-state index in [1.165, 1.54) is 11.1 Å². The van der Waals surface area contributed by atoms with Crippen LogP contribution in [0.2, 0.25) is 0 Å². The van der Waals surface area contributed by atoms with Gasteiger partial charge >= 0.3 is 0 Å². The minimum absolute atomic E-state index is 0.239. The van der Waals surface area contributed by atoms with E-state index in [1.54, 1.807) is 0 Å². The Morgan fingerprint density at radius 1 is 1.11 bits per heavy atom. The largest absolute Gasteiger partial charge is 0.309 e. The first kappa shape index (κ1) is 15.6. The first-order valence-electron chi connectivity index (χ1n) is 6.71. The number of nitrogens with one attached hydrogen (secondary N) is 1. The van der Waals surface area contributed by atoms with Crippen LogP contribution in [0.5, 0.6) is 0 Å². The van der Waals surface area contributed by atoms with E-state index in [0.29, 0.717) is 11.3 Å². The summed E-state index contributed by atoms with van der Waals surface area (Å²) in [7, 11) is 0. The molecule has 0 amide bonds. The molecule has 1 aromatic carbocycles. The maximum Gasteiger partial charge on any atom is 0.0292 e. The van der Waals surface area contributed by atoms with Gasteiger partial charge in [0, 0.05) is 17.8 Å². The summed E-state index contributed by atoms with van der Waals surface area (Å²) < 4.78 is 0. The molecule has 0 bridgehead atoms. The Balaban J connectivity index is 2.62. The Morgan fingerprint density at radius 2 is 1.67 bits per heavy atom. The van der Waals surface area contributed by atoms with Crippen LogP contribution < -0.4 is 5.32 Å². The van der Waals surface area contributed by atoms with Crippen molar-refractivity contribution in [1.82, 2.24) is 5.32 Å². The Hall–Kier alpha value is -0.470. The monoisotopic (exact) mass is 265 g/mol. The lowest BCUT2D eigenvalue weighted by molar-refractivity contribution is 0.571. The fourth-order valence-electron chi connectivity index (χ4n) is 1.82. The average Bonchev–Trinajstić information content (AvgIpc) is 2.34. The van der Waals surface area contributed by atoms with E-state index in [2.05, 4.69) is 70.5 Å². The smallest absolute Gasteiger partial charge is 0.0292 e. The number of rotatable bonds is 5. The second kappa shape index (κ2) is 6.63. The number of hydrogen-bond donors (Lipinski definition) is 1. The molecular formula is C16H27NS. The zero-order valence-electron chi connectivity index (χ0n) is 12.6. The summed E-state index contributed by atoms with van der Waals surface area (Å²) in [6, 6.07) is 9.44. The van der Waals surface area contributed by atoms with Gasteiger partial charge in [-0.05, 0) is 29.7 Å². The minimum atomic E-state index is 0.239. The van der Waals surface area contributed by atoms with Gasteiger partial charge in [0.05, 0.1) is 0 Å². The summed E-state index contributed by atoms with van der Waals surface area (Å²) in [5.74, 6) is 0. The van der Waals surface area contributed by atoms with Crippen LogP contribution in [0.3, 0.4) is 0 Å². The van der Waals surface area contributed by atoms with Gasteiger partial charge in [0.25, 0.3) is 0 Å². The van der Waals surface area contributed by atoms with Crippen molar-refractivity contribution in [2.75, 3.05) is 12.8 Å². The van der Waals surface area contributed by atoms with Crippen molar-refractivity contribution >= 4 is 11.8 Å². The van der Waals surface area contributed by atoms with Gasteiger partial charge in [-0.25, -0.2) is 0 Å². The van der Waals surface area contributed by atoms with Crippen molar-refractivity contribution in [1.29, 1.82) is 0 Å². The molecule has 0 aliphatic heterocycles. The molecule has 0 heterocycles. The Morgan fingerprint density at radius 3 is 2.11 bits per heavy atom. The molecule has 0 saturated carbocycles. The van der Waals surface area contributed by atoms with E-state index in [9.17, 15) is 0 Å².